The number of ether oxygens (including phenoxy) is 2. The van der Waals surface area contributed by atoms with Gasteiger partial charge in [-0.05, 0) is 87.5 Å². The Morgan fingerprint density at radius 2 is 1.69 bits per heavy atom. The van der Waals surface area contributed by atoms with Crippen molar-refractivity contribution in [1.82, 2.24) is 10.2 Å². The lowest BCUT2D eigenvalue weighted by Gasteiger charge is -2.55. The molecule has 4 bridgehead atoms. The molecule has 0 amide bonds. The Morgan fingerprint density at radius 3 is 2.31 bits per heavy atom. The van der Waals surface area contributed by atoms with E-state index in [-0.39, 0.29) is 17.1 Å². The molecule has 4 aliphatic rings. The van der Waals surface area contributed by atoms with Gasteiger partial charge in [-0.1, -0.05) is 11.8 Å². The van der Waals surface area contributed by atoms with Crippen molar-refractivity contribution in [2.75, 3.05) is 12.4 Å². The van der Waals surface area contributed by atoms with Crippen LogP contribution in [-0.2, 0) is 10.2 Å². The van der Waals surface area contributed by atoms with Gasteiger partial charge in [-0.25, -0.2) is 0 Å². The number of nitrogens with zero attached hydrogens (tertiary/aromatic N) is 2. The van der Waals surface area contributed by atoms with Crippen molar-refractivity contribution in [1.29, 1.82) is 0 Å². The first-order valence-corrected chi connectivity index (χ1v) is 11.5. The third kappa shape index (κ3) is 3.89. The van der Waals surface area contributed by atoms with Crippen LogP contribution in [0.25, 0.3) is 0 Å². The van der Waals surface area contributed by atoms with Crippen molar-refractivity contribution < 1.29 is 18.7 Å². The van der Waals surface area contributed by atoms with Gasteiger partial charge in [0.05, 0.1) is 6.61 Å². The third-order valence-electron chi connectivity index (χ3n) is 6.58. The largest absolute Gasteiger partial charge is 0.494 e. The maximum Gasteiger partial charge on any atom is 0.321 e. The molecule has 0 unspecified atom stereocenters. The Kier molecular flexibility index (Phi) is 5.02. The summed E-state index contributed by atoms with van der Waals surface area (Å²) < 4.78 is 16.8. The molecule has 0 N–H and O–H groups in total. The molecule has 0 atom stereocenters. The van der Waals surface area contributed by atoms with E-state index < -0.39 is 0 Å². The molecule has 6 rings (SSSR count). The zero-order valence-corrected chi connectivity index (χ0v) is 17.5. The summed E-state index contributed by atoms with van der Waals surface area (Å²) in [6.07, 6.45) is 7.70. The van der Waals surface area contributed by atoms with E-state index in [1.165, 1.54) is 50.3 Å². The molecule has 7 heteroatoms. The molecule has 1 aromatic carbocycles. The van der Waals surface area contributed by atoms with Crippen LogP contribution < -0.4 is 9.47 Å². The van der Waals surface area contributed by atoms with E-state index >= 15 is 0 Å². The van der Waals surface area contributed by atoms with Gasteiger partial charge in [0.15, 0.2) is 0 Å². The summed E-state index contributed by atoms with van der Waals surface area (Å²) >= 11 is 1.24. The zero-order valence-electron chi connectivity index (χ0n) is 16.6. The average molecular weight is 415 g/mol. The molecule has 0 radical (unpaired) electrons. The number of thioether (sulfide) groups is 1. The Hall–Kier alpha value is -2.02. The molecule has 29 heavy (non-hydrogen) atoms. The van der Waals surface area contributed by atoms with Crippen molar-refractivity contribution in [3.05, 3.63) is 30.2 Å². The van der Waals surface area contributed by atoms with Crippen LogP contribution in [0.1, 0.15) is 51.3 Å². The number of aromatic nitrogens is 2. The van der Waals surface area contributed by atoms with Crippen LogP contribution in [0.3, 0.4) is 0 Å². The van der Waals surface area contributed by atoms with Gasteiger partial charge in [0.2, 0.25) is 5.89 Å². The number of hydrogen-bond acceptors (Lipinski definition) is 7. The highest BCUT2D eigenvalue weighted by atomic mass is 32.2. The van der Waals surface area contributed by atoms with Crippen LogP contribution in [0.2, 0.25) is 0 Å². The number of rotatable bonds is 7. The summed E-state index contributed by atoms with van der Waals surface area (Å²) in [6, 6.07) is 7.03. The van der Waals surface area contributed by atoms with E-state index in [9.17, 15) is 4.79 Å². The molecule has 154 valence electrons. The molecule has 4 aliphatic carbocycles. The maximum absolute atomic E-state index is 12.2. The lowest BCUT2D eigenvalue weighted by Crippen LogP contribution is -2.48. The molecular formula is C22H26N2O4S. The Morgan fingerprint density at radius 1 is 1.07 bits per heavy atom. The lowest BCUT2D eigenvalue weighted by molar-refractivity contribution is -0.131. The molecule has 6 nitrogen and oxygen atoms in total. The molecule has 2 aromatic rings. The van der Waals surface area contributed by atoms with Gasteiger partial charge < -0.3 is 13.9 Å². The number of esters is 1. The smallest absolute Gasteiger partial charge is 0.321 e. The minimum absolute atomic E-state index is 0.0867. The summed E-state index contributed by atoms with van der Waals surface area (Å²) in [5.74, 6) is 4.32. The quantitative estimate of drug-likeness (QED) is 0.371. The van der Waals surface area contributed by atoms with E-state index in [2.05, 4.69) is 10.2 Å². The SMILES string of the molecule is CCOc1ccc(OC(=O)CSc2nnc(C34CC5CC(CC(C5)C3)C4)o2)cc1. The van der Waals surface area contributed by atoms with E-state index in [4.69, 9.17) is 13.9 Å². The van der Waals surface area contributed by atoms with Gasteiger partial charge in [0.1, 0.15) is 17.3 Å². The van der Waals surface area contributed by atoms with Crippen LogP contribution in [0.4, 0.5) is 0 Å². The second kappa shape index (κ2) is 7.67. The number of carbonyl (C=O) groups excluding carboxylic acids is 1. The molecule has 1 aromatic heterocycles. The molecule has 4 fully saturated rings. The highest BCUT2D eigenvalue weighted by Crippen LogP contribution is 2.60. The summed E-state index contributed by atoms with van der Waals surface area (Å²) in [4.78, 5) is 12.2. The van der Waals surface area contributed by atoms with Crippen molar-refractivity contribution in [2.24, 2.45) is 17.8 Å². The number of benzene rings is 1. The summed E-state index contributed by atoms with van der Waals surface area (Å²) in [7, 11) is 0. The standard InChI is InChI=1S/C22H26N2O4S/c1-2-26-17-3-5-18(6-4-17)27-19(25)13-29-21-24-23-20(28-21)22-10-14-7-15(11-22)9-16(8-14)12-22/h3-6,14-16H,2,7-13H2,1H3. The Bertz CT molecular complexity index is 844. The van der Waals surface area contributed by atoms with E-state index in [0.717, 1.165) is 29.4 Å². The molecule has 0 saturated heterocycles. The normalized spacial score (nSPS) is 29.8. The second-order valence-electron chi connectivity index (χ2n) is 8.74. The van der Waals surface area contributed by atoms with E-state index in [0.29, 0.717) is 17.6 Å². The molecule has 0 aliphatic heterocycles. The number of carbonyl (C=O) groups is 1. The molecular weight excluding hydrogens is 388 g/mol. The van der Waals surface area contributed by atoms with Crippen LogP contribution in [0.15, 0.2) is 33.9 Å². The first-order valence-electron chi connectivity index (χ1n) is 10.5. The maximum atomic E-state index is 12.2. The van der Waals surface area contributed by atoms with Gasteiger partial charge in [-0.15, -0.1) is 10.2 Å². The topological polar surface area (TPSA) is 74.5 Å². The Labute approximate surface area is 174 Å². The van der Waals surface area contributed by atoms with Gasteiger partial charge in [-0.3, -0.25) is 4.79 Å². The molecule has 4 saturated carbocycles. The fourth-order valence-corrected chi connectivity index (χ4v) is 6.44. The van der Waals surface area contributed by atoms with E-state index in [1.807, 2.05) is 6.92 Å². The minimum Gasteiger partial charge on any atom is -0.494 e. The van der Waals surface area contributed by atoms with Gasteiger partial charge in [0, 0.05) is 5.41 Å². The average Bonchev–Trinajstić information content (AvgIpc) is 3.17. The first kappa shape index (κ1) is 19.0. The van der Waals surface area contributed by atoms with Gasteiger partial charge in [0.25, 0.3) is 5.22 Å². The molecule has 0 spiro atoms. The summed E-state index contributed by atoms with van der Waals surface area (Å²) in [6.45, 7) is 2.53. The fourth-order valence-electron chi connectivity index (χ4n) is 5.91. The van der Waals surface area contributed by atoms with Crippen molar-refractivity contribution in [3.8, 4) is 11.5 Å². The summed E-state index contributed by atoms with van der Waals surface area (Å²) in [5.41, 5.74) is 0.0867. The number of hydrogen-bond donors (Lipinski definition) is 0. The van der Waals surface area contributed by atoms with Gasteiger partial charge in [-0.2, -0.15) is 0 Å². The molecule has 1 heterocycles. The van der Waals surface area contributed by atoms with Crippen molar-refractivity contribution >= 4 is 17.7 Å². The Balaban J connectivity index is 1.17. The third-order valence-corrected chi connectivity index (χ3v) is 7.37. The van der Waals surface area contributed by atoms with Crippen LogP contribution in [0.5, 0.6) is 11.5 Å². The van der Waals surface area contributed by atoms with Crippen LogP contribution in [-0.4, -0.2) is 28.5 Å². The van der Waals surface area contributed by atoms with Gasteiger partial charge >= 0.3 is 5.97 Å². The first-order chi connectivity index (χ1) is 14.1. The fraction of sp³-hybridized carbons (Fsp3) is 0.591. The predicted molar refractivity (Wildman–Crippen MR) is 108 cm³/mol. The predicted octanol–water partition coefficient (Wildman–Crippen LogP) is 4.63. The highest BCUT2D eigenvalue weighted by molar-refractivity contribution is 7.99. The highest BCUT2D eigenvalue weighted by Gasteiger charge is 2.54. The van der Waals surface area contributed by atoms with Crippen molar-refractivity contribution in [3.63, 3.8) is 0 Å². The van der Waals surface area contributed by atoms with Crippen molar-refractivity contribution in [2.45, 2.75) is 56.1 Å². The lowest BCUT2D eigenvalue weighted by atomic mass is 9.49. The second-order valence-corrected chi connectivity index (χ2v) is 9.66. The minimum atomic E-state index is -0.339. The van der Waals surface area contributed by atoms with E-state index in [1.54, 1.807) is 24.3 Å². The van der Waals surface area contributed by atoms with Crippen LogP contribution >= 0.6 is 11.8 Å². The zero-order chi connectivity index (χ0) is 19.8. The van der Waals surface area contributed by atoms with Crippen LogP contribution in [0, 0.1) is 17.8 Å². The monoisotopic (exact) mass is 414 g/mol. The summed E-state index contributed by atoms with van der Waals surface area (Å²) in [5, 5.41) is 9.06.